The Balaban J connectivity index is 1.59. The highest BCUT2D eigenvalue weighted by molar-refractivity contribution is 6.07. The Labute approximate surface area is 184 Å². The molecule has 5 aromatic rings. The van der Waals surface area contributed by atoms with Gasteiger partial charge in [0.1, 0.15) is 0 Å². The first-order chi connectivity index (χ1) is 15.3. The summed E-state index contributed by atoms with van der Waals surface area (Å²) in [7, 11) is 3.95. The van der Waals surface area contributed by atoms with Crippen molar-refractivity contribution in [2.24, 2.45) is 19.5 Å². The van der Waals surface area contributed by atoms with Crippen molar-refractivity contribution < 1.29 is 9.90 Å². The van der Waals surface area contributed by atoms with Crippen LogP contribution in [0, 0.1) is 5.41 Å². The zero-order valence-electron chi connectivity index (χ0n) is 18.6. The number of nitrogens with zero attached hydrogens (tertiary/aromatic N) is 4. The molecule has 0 saturated heterocycles. The number of aliphatic hydroxyl groups excluding tert-OH is 1. The monoisotopic (exact) mass is 430 g/mol. The van der Waals surface area contributed by atoms with Gasteiger partial charge in [-0.3, -0.25) is 9.48 Å². The Bertz CT molecular complexity index is 1490. The summed E-state index contributed by atoms with van der Waals surface area (Å²) < 4.78 is 4.00. The van der Waals surface area contributed by atoms with Gasteiger partial charge in [-0.05, 0) is 24.3 Å². The highest BCUT2D eigenvalue weighted by Gasteiger charge is 2.20. The molecule has 0 radical (unpaired) electrons. The molecule has 4 heterocycles. The smallest absolute Gasteiger partial charge is 0.251 e. The second kappa shape index (κ2) is 7.20. The van der Waals surface area contributed by atoms with Crippen LogP contribution in [0.4, 0.5) is 0 Å². The van der Waals surface area contributed by atoms with Crippen LogP contribution in [0.3, 0.4) is 0 Å². The van der Waals surface area contributed by atoms with Crippen LogP contribution in [-0.4, -0.2) is 48.5 Å². The molecule has 8 heteroatoms. The van der Waals surface area contributed by atoms with Crippen LogP contribution in [0.25, 0.3) is 44.1 Å². The Morgan fingerprint density at radius 3 is 2.81 bits per heavy atom. The van der Waals surface area contributed by atoms with Crippen LogP contribution < -0.4 is 5.32 Å². The number of carbonyl (C=O) groups excluding carboxylic acids is 1. The van der Waals surface area contributed by atoms with Crippen LogP contribution in [0.15, 0.2) is 42.9 Å². The average molecular weight is 431 g/mol. The summed E-state index contributed by atoms with van der Waals surface area (Å²) in [6.45, 7) is 4.22. The van der Waals surface area contributed by atoms with E-state index in [0.717, 1.165) is 38.4 Å². The zero-order chi connectivity index (χ0) is 22.6. The first-order valence-electron chi connectivity index (χ1n) is 10.6. The lowest BCUT2D eigenvalue weighted by Crippen LogP contribution is -2.36. The van der Waals surface area contributed by atoms with Crippen LogP contribution in [0.1, 0.15) is 24.2 Å². The number of aromatic nitrogens is 5. The number of amides is 1. The molecule has 8 nitrogen and oxygen atoms in total. The lowest BCUT2D eigenvalue weighted by Gasteiger charge is -2.21. The molecule has 32 heavy (non-hydrogen) atoms. The molecular weight excluding hydrogens is 404 g/mol. The molecule has 164 valence electrons. The second-order valence-electron chi connectivity index (χ2n) is 9.16. The third kappa shape index (κ3) is 3.23. The quantitative estimate of drug-likeness (QED) is 0.398. The number of carbonyl (C=O) groups is 1. The average Bonchev–Trinajstić information content (AvgIpc) is 3.47. The number of pyridine rings is 1. The molecule has 0 aliphatic carbocycles. The molecular formula is C24H26N6O2. The number of aryl methyl sites for hydroxylation is 2. The summed E-state index contributed by atoms with van der Waals surface area (Å²) in [5.41, 5.74) is 4.75. The van der Waals surface area contributed by atoms with Gasteiger partial charge >= 0.3 is 0 Å². The molecule has 1 aromatic carbocycles. The normalized spacial score (nSPS) is 12.3. The Morgan fingerprint density at radius 1 is 1.22 bits per heavy atom. The van der Waals surface area contributed by atoms with Gasteiger partial charge in [0.05, 0.1) is 11.2 Å². The molecule has 4 aromatic heterocycles. The molecule has 0 aliphatic heterocycles. The van der Waals surface area contributed by atoms with Gasteiger partial charge in [-0.1, -0.05) is 13.8 Å². The first kappa shape index (κ1) is 20.3. The second-order valence-corrected chi connectivity index (χ2v) is 9.16. The number of aromatic amines is 1. The number of hydrogen-bond donors (Lipinski definition) is 3. The van der Waals surface area contributed by atoms with Crippen LogP contribution in [-0.2, 0) is 14.1 Å². The van der Waals surface area contributed by atoms with E-state index in [2.05, 4.69) is 21.5 Å². The van der Waals surface area contributed by atoms with E-state index in [1.165, 1.54) is 0 Å². The fourth-order valence-electron chi connectivity index (χ4n) is 4.09. The van der Waals surface area contributed by atoms with Gasteiger partial charge < -0.3 is 20.1 Å². The minimum absolute atomic E-state index is 0.00553. The van der Waals surface area contributed by atoms with Gasteiger partial charge in [0.25, 0.3) is 5.91 Å². The van der Waals surface area contributed by atoms with Gasteiger partial charge in [-0.25, -0.2) is 9.97 Å². The molecule has 0 bridgehead atoms. The van der Waals surface area contributed by atoms with E-state index < -0.39 is 0 Å². The van der Waals surface area contributed by atoms with Gasteiger partial charge in [-0.2, -0.15) is 0 Å². The summed E-state index contributed by atoms with van der Waals surface area (Å²) in [6, 6.07) is 7.75. The summed E-state index contributed by atoms with van der Waals surface area (Å²) in [6.07, 6.45) is 5.79. The van der Waals surface area contributed by atoms with E-state index >= 15 is 0 Å². The molecule has 0 unspecified atom stereocenters. The van der Waals surface area contributed by atoms with E-state index in [-0.39, 0.29) is 17.9 Å². The summed E-state index contributed by atoms with van der Waals surface area (Å²) in [5.74, 6) is -0.161. The molecule has 0 aliphatic rings. The SMILES string of the molecule is Cn1cc(-c2cc3c(ncc4c[nH]n(C)c43)n2)c2cc(C(=O)NCC(C)(C)CO)ccc21. The van der Waals surface area contributed by atoms with E-state index in [4.69, 9.17) is 4.98 Å². The van der Waals surface area contributed by atoms with Crippen molar-refractivity contribution in [3.8, 4) is 11.3 Å². The predicted molar refractivity (Wildman–Crippen MR) is 125 cm³/mol. The van der Waals surface area contributed by atoms with Crippen molar-refractivity contribution in [3.05, 3.63) is 48.4 Å². The van der Waals surface area contributed by atoms with Gasteiger partial charge in [0.15, 0.2) is 5.65 Å². The topological polar surface area (TPSA) is 101 Å². The van der Waals surface area contributed by atoms with Gasteiger partial charge in [0.2, 0.25) is 0 Å². The largest absolute Gasteiger partial charge is 0.396 e. The maximum atomic E-state index is 12.8. The molecule has 0 fully saturated rings. The third-order valence-electron chi connectivity index (χ3n) is 6.04. The number of rotatable bonds is 5. The third-order valence-corrected chi connectivity index (χ3v) is 6.04. The molecule has 1 amide bonds. The lowest BCUT2D eigenvalue weighted by atomic mass is 9.95. The predicted octanol–water partition coefficient (Wildman–Crippen LogP) is 3.36. The molecule has 5 rings (SSSR count). The molecule has 0 atom stereocenters. The number of aliphatic hydroxyl groups is 1. The fourth-order valence-corrected chi connectivity index (χ4v) is 4.09. The summed E-state index contributed by atoms with van der Waals surface area (Å²) in [5, 5.41) is 18.5. The van der Waals surface area contributed by atoms with Crippen LogP contribution in [0.2, 0.25) is 0 Å². The molecule has 3 N–H and O–H groups in total. The van der Waals surface area contributed by atoms with Crippen molar-refractivity contribution in [1.29, 1.82) is 0 Å². The van der Waals surface area contributed by atoms with E-state index in [1.807, 2.05) is 74.0 Å². The minimum atomic E-state index is -0.371. The van der Waals surface area contributed by atoms with E-state index in [9.17, 15) is 9.90 Å². The Kier molecular flexibility index (Phi) is 4.56. The van der Waals surface area contributed by atoms with Crippen LogP contribution >= 0.6 is 0 Å². The van der Waals surface area contributed by atoms with Crippen molar-refractivity contribution in [3.63, 3.8) is 0 Å². The van der Waals surface area contributed by atoms with Crippen molar-refractivity contribution >= 4 is 38.7 Å². The number of fused-ring (bicyclic) bond motifs is 4. The number of benzene rings is 1. The fraction of sp³-hybridized carbons (Fsp3) is 0.292. The number of nitrogens with one attached hydrogen (secondary N) is 2. The molecule has 0 spiro atoms. The van der Waals surface area contributed by atoms with Gasteiger partial charge in [-0.15, -0.1) is 0 Å². The lowest BCUT2D eigenvalue weighted by molar-refractivity contribution is 0.0911. The van der Waals surface area contributed by atoms with Crippen LogP contribution in [0.5, 0.6) is 0 Å². The van der Waals surface area contributed by atoms with Crippen molar-refractivity contribution in [2.45, 2.75) is 13.8 Å². The highest BCUT2D eigenvalue weighted by Crippen LogP contribution is 2.34. The van der Waals surface area contributed by atoms with Crippen molar-refractivity contribution in [1.82, 2.24) is 29.6 Å². The standard InChI is InChI=1S/C24H26N6O2/c1-24(2,13-31)12-26-23(32)14-5-6-20-16(7-14)18(11-29(20)3)19-8-17-21-15(10-27-30(21)4)9-25-22(17)28-19/h5-11,27,31H,12-13H2,1-4H3,(H,26,32). The van der Waals surface area contributed by atoms with E-state index in [1.54, 1.807) is 0 Å². The van der Waals surface area contributed by atoms with Gasteiger partial charge in [0, 0.05) is 84.1 Å². The summed E-state index contributed by atoms with van der Waals surface area (Å²) >= 11 is 0. The maximum Gasteiger partial charge on any atom is 0.251 e. The summed E-state index contributed by atoms with van der Waals surface area (Å²) in [4.78, 5) is 22.1. The first-order valence-corrected chi connectivity index (χ1v) is 10.6. The van der Waals surface area contributed by atoms with Crippen molar-refractivity contribution in [2.75, 3.05) is 13.2 Å². The Morgan fingerprint density at radius 2 is 2.03 bits per heavy atom. The Hall–Kier alpha value is -3.65. The minimum Gasteiger partial charge on any atom is -0.396 e. The van der Waals surface area contributed by atoms with E-state index in [0.29, 0.717) is 17.8 Å². The zero-order valence-corrected chi connectivity index (χ0v) is 18.6. The highest BCUT2D eigenvalue weighted by atomic mass is 16.3. The number of hydrogen-bond acceptors (Lipinski definition) is 4. The maximum absolute atomic E-state index is 12.8. The molecule has 0 saturated carbocycles. The number of H-pyrrole nitrogens is 1.